The van der Waals surface area contributed by atoms with Crippen LogP contribution in [0.5, 0.6) is 0 Å². The minimum Gasteiger partial charge on any atom is -0.315 e. The molecule has 1 N–H and O–H groups in total. The third-order valence-electron chi connectivity index (χ3n) is 3.98. The first-order valence-electron chi connectivity index (χ1n) is 7.86. The van der Waals surface area contributed by atoms with Crippen molar-refractivity contribution in [2.75, 3.05) is 46.3 Å². The zero-order valence-corrected chi connectivity index (χ0v) is 12.7. The zero-order valence-electron chi connectivity index (χ0n) is 12.7. The van der Waals surface area contributed by atoms with E-state index in [2.05, 4.69) is 36.0 Å². The highest BCUT2D eigenvalue weighted by Gasteiger charge is 2.11. The molecule has 1 aliphatic rings. The lowest BCUT2D eigenvalue weighted by Gasteiger charge is -2.21. The Hall–Kier alpha value is -0.120. The Morgan fingerprint density at radius 1 is 1.17 bits per heavy atom. The molecule has 1 unspecified atom stereocenters. The largest absolute Gasteiger partial charge is 0.315 e. The molecule has 0 spiro atoms. The molecule has 18 heavy (non-hydrogen) atoms. The molecule has 0 amide bonds. The molecule has 0 aromatic heterocycles. The highest BCUT2D eigenvalue weighted by atomic mass is 15.2. The summed E-state index contributed by atoms with van der Waals surface area (Å²) < 4.78 is 0. The van der Waals surface area contributed by atoms with Gasteiger partial charge in [0.2, 0.25) is 0 Å². The maximum atomic E-state index is 3.48. The average molecular weight is 255 g/mol. The average Bonchev–Trinajstić information content (AvgIpc) is 2.85. The molecule has 3 heteroatoms. The highest BCUT2D eigenvalue weighted by Crippen LogP contribution is 2.07. The van der Waals surface area contributed by atoms with Crippen molar-refractivity contribution in [3.63, 3.8) is 0 Å². The second-order valence-corrected chi connectivity index (χ2v) is 5.81. The van der Waals surface area contributed by atoms with Gasteiger partial charge in [0.05, 0.1) is 0 Å². The lowest BCUT2D eigenvalue weighted by molar-refractivity contribution is 0.253. The van der Waals surface area contributed by atoms with Crippen LogP contribution >= 0.6 is 0 Å². The van der Waals surface area contributed by atoms with Crippen molar-refractivity contribution < 1.29 is 0 Å². The fourth-order valence-corrected chi connectivity index (χ4v) is 2.71. The van der Waals surface area contributed by atoms with E-state index >= 15 is 0 Å². The predicted octanol–water partition coefficient (Wildman–Crippen LogP) is 2.18. The van der Waals surface area contributed by atoms with Gasteiger partial charge in [-0.1, -0.05) is 13.3 Å². The molecule has 1 heterocycles. The number of nitrogens with one attached hydrogen (secondary N) is 1. The number of likely N-dealkylation sites (tertiary alicyclic amines) is 1. The van der Waals surface area contributed by atoms with Gasteiger partial charge < -0.3 is 15.1 Å². The molecule has 0 aromatic rings. The zero-order chi connectivity index (χ0) is 13.2. The summed E-state index contributed by atoms with van der Waals surface area (Å²) in [5.41, 5.74) is 0. The van der Waals surface area contributed by atoms with Gasteiger partial charge in [0.25, 0.3) is 0 Å². The molecule has 1 aliphatic heterocycles. The number of rotatable bonds is 10. The van der Waals surface area contributed by atoms with Crippen molar-refractivity contribution in [3.05, 3.63) is 0 Å². The van der Waals surface area contributed by atoms with Crippen molar-refractivity contribution in [3.8, 4) is 0 Å². The number of unbranched alkanes of at least 4 members (excludes halogenated alkanes) is 1. The SMILES string of the molecule is CCNC(C)CCCCN(C)CCN1CCCC1. The Bertz CT molecular complexity index is 190. The maximum Gasteiger partial charge on any atom is 0.0109 e. The van der Waals surface area contributed by atoms with E-state index < -0.39 is 0 Å². The van der Waals surface area contributed by atoms with Gasteiger partial charge in [-0.2, -0.15) is 0 Å². The van der Waals surface area contributed by atoms with Crippen LogP contribution < -0.4 is 5.32 Å². The van der Waals surface area contributed by atoms with E-state index in [4.69, 9.17) is 0 Å². The lowest BCUT2D eigenvalue weighted by atomic mass is 10.1. The van der Waals surface area contributed by atoms with Crippen LogP contribution in [0, 0.1) is 0 Å². The standard InChI is InChI=1S/C15H33N3/c1-4-16-15(2)9-5-6-10-17(3)13-14-18-11-7-8-12-18/h15-16H,4-14H2,1-3H3. The summed E-state index contributed by atoms with van der Waals surface area (Å²) >= 11 is 0. The van der Waals surface area contributed by atoms with Gasteiger partial charge in [-0.25, -0.2) is 0 Å². The molecule has 0 bridgehead atoms. The van der Waals surface area contributed by atoms with E-state index in [1.165, 1.54) is 64.8 Å². The fraction of sp³-hybridized carbons (Fsp3) is 1.00. The van der Waals surface area contributed by atoms with Crippen molar-refractivity contribution in [2.45, 2.75) is 52.0 Å². The summed E-state index contributed by atoms with van der Waals surface area (Å²) in [6, 6.07) is 0.685. The number of nitrogens with zero attached hydrogens (tertiary/aromatic N) is 2. The highest BCUT2D eigenvalue weighted by molar-refractivity contribution is 4.67. The van der Waals surface area contributed by atoms with Gasteiger partial charge in [-0.3, -0.25) is 0 Å². The molecule has 0 aliphatic carbocycles. The summed E-state index contributed by atoms with van der Waals surface area (Å²) in [6.45, 7) is 12.0. The van der Waals surface area contributed by atoms with Gasteiger partial charge in [0.15, 0.2) is 0 Å². The Balaban J connectivity index is 1.91. The van der Waals surface area contributed by atoms with E-state index in [0.29, 0.717) is 6.04 Å². The Morgan fingerprint density at radius 2 is 1.89 bits per heavy atom. The van der Waals surface area contributed by atoms with Crippen LogP contribution in [0.1, 0.15) is 46.0 Å². The van der Waals surface area contributed by atoms with Crippen molar-refractivity contribution in [1.82, 2.24) is 15.1 Å². The van der Waals surface area contributed by atoms with Crippen molar-refractivity contribution in [2.24, 2.45) is 0 Å². The van der Waals surface area contributed by atoms with Gasteiger partial charge in [-0.15, -0.1) is 0 Å². The molecule has 108 valence electrons. The van der Waals surface area contributed by atoms with E-state index in [1.54, 1.807) is 0 Å². The van der Waals surface area contributed by atoms with Crippen LogP contribution in [0.15, 0.2) is 0 Å². The third-order valence-corrected chi connectivity index (χ3v) is 3.98. The summed E-state index contributed by atoms with van der Waals surface area (Å²) in [5.74, 6) is 0. The molecule has 0 saturated carbocycles. The first-order chi connectivity index (χ1) is 8.72. The molecule has 0 aromatic carbocycles. The monoisotopic (exact) mass is 255 g/mol. The Labute approximate surface area is 114 Å². The Morgan fingerprint density at radius 3 is 2.56 bits per heavy atom. The summed E-state index contributed by atoms with van der Waals surface area (Å²) in [7, 11) is 2.27. The minimum atomic E-state index is 0.685. The minimum absolute atomic E-state index is 0.685. The smallest absolute Gasteiger partial charge is 0.0109 e. The predicted molar refractivity (Wildman–Crippen MR) is 80.2 cm³/mol. The summed E-state index contributed by atoms with van der Waals surface area (Å²) in [5, 5.41) is 3.48. The second-order valence-electron chi connectivity index (χ2n) is 5.81. The van der Waals surface area contributed by atoms with Crippen LogP contribution in [0.3, 0.4) is 0 Å². The first kappa shape index (κ1) is 15.9. The number of hydrogen-bond acceptors (Lipinski definition) is 3. The Kier molecular flexibility index (Phi) is 8.64. The van der Waals surface area contributed by atoms with Crippen LogP contribution in [0.2, 0.25) is 0 Å². The molecule has 0 radical (unpaired) electrons. The van der Waals surface area contributed by atoms with Crippen LogP contribution in [0.4, 0.5) is 0 Å². The molecule has 1 atom stereocenters. The molecular weight excluding hydrogens is 222 g/mol. The van der Waals surface area contributed by atoms with Gasteiger partial charge in [-0.05, 0) is 65.8 Å². The maximum absolute atomic E-state index is 3.48. The van der Waals surface area contributed by atoms with E-state index in [1.807, 2.05) is 0 Å². The fourth-order valence-electron chi connectivity index (χ4n) is 2.71. The molecule has 1 fully saturated rings. The normalized spacial score (nSPS) is 18.7. The number of hydrogen-bond donors (Lipinski definition) is 1. The van der Waals surface area contributed by atoms with Gasteiger partial charge in [0, 0.05) is 19.1 Å². The quantitative estimate of drug-likeness (QED) is 0.604. The second kappa shape index (κ2) is 9.76. The van der Waals surface area contributed by atoms with Crippen LogP contribution in [0.25, 0.3) is 0 Å². The molecule has 1 rings (SSSR count). The van der Waals surface area contributed by atoms with Gasteiger partial charge in [0.1, 0.15) is 0 Å². The van der Waals surface area contributed by atoms with Gasteiger partial charge >= 0.3 is 0 Å². The molecular formula is C15H33N3. The van der Waals surface area contributed by atoms with E-state index in [-0.39, 0.29) is 0 Å². The van der Waals surface area contributed by atoms with Crippen molar-refractivity contribution >= 4 is 0 Å². The van der Waals surface area contributed by atoms with Crippen LogP contribution in [-0.4, -0.2) is 62.2 Å². The summed E-state index contributed by atoms with van der Waals surface area (Å²) in [6.07, 6.45) is 6.82. The third kappa shape index (κ3) is 7.34. The summed E-state index contributed by atoms with van der Waals surface area (Å²) in [4.78, 5) is 5.10. The van der Waals surface area contributed by atoms with E-state index in [0.717, 1.165) is 6.54 Å². The molecule has 3 nitrogen and oxygen atoms in total. The number of likely N-dealkylation sites (N-methyl/N-ethyl adjacent to an activating group) is 1. The lowest BCUT2D eigenvalue weighted by Crippen LogP contribution is -2.32. The first-order valence-corrected chi connectivity index (χ1v) is 7.86. The molecule has 1 saturated heterocycles. The topological polar surface area (TPSA) is 18.5 Å². The van der Waals surface area contributed by atoms with Crippen LogP contribution in [-0.2, 0) is 0 Å². The van der Waals surface area contributed by atoms with Crippen molar-refractivity contribution in [1.29, 1.82) is 0 Å². The van der Waals surface area contributed by atoms with E-state index in [9.17, 15) is 0 Å².